The van der Waals surface area contributed by atoms with Gasteiger partial charge in [0.05, 0.1) is 0 Å². The molecule has 21 heavy (non-hydrogen) atoms. The van der Waals surface area contributed by atoms with Crippen molar-refractivity contribution in [1.82, 2.24) is 9.47 Å². The highest BCUT2D eigenvalue weighted by atomic mass is 15.1. The molecule has 0 bridgehead atoms. The minimum atomic E-state index is 0.482. The Labute approximate surface area is 127 Å². The van der Waals surface area contributed by atoms with Crippen LogP contribution in [-0.4, -0.2) is 22.6 Å². The molecule has 1 aliphatic rings. The Bertz CT molecular complexity index is 606. The summed E-state index contributed by atoms with van der Waals surface area (Å²) >= 11 is 0. The molecule has 2 N–H and O–H groups in total. The second kappa shape index (κ2) is 6.20. The lowest BCUT2D eigenvalue weighted by Crippen LogP contribution is -2.28. The third-order valence-corrected chi connectivity index (χ3v) is 4.62. The SMILES string of the molecule is CC(C)n1cc(CN2CCCCC2)c2ccc(CN)cc21. The van der Waals surface area contributed by atoms with Crippen molar-refractivity contribution in [3.63, 3.8) is 0 Å². The van der Waals surface area contributed by atoms with E-state index in [2.05, 4.69) is 47.7 Å². The molecule has 2 aromatic rings. The Morgan fingerprint density at radius 3 is 2.57 bits per heavy atom. The summed E-state index contributed by atoms with van der Waals surface area (Å²) in [6, 6.07) is 7.17. The fourth-order valence-electron chi connectivity index (χ4n) is 3.41. The van der Waals surface area contributed by atoms with E-state index >= 15 is 0 Å². The molecule has 0 saturated carbocycles. The largest absolute Gasteiger partial charge is 0.345 e. The second-order valence-corrected chi connectivity index (χ2v) is 6.55. The van der Waals surface area contributed by atoms with E-state index in [1.54, 1.807) is 0 Å². The number of nitrogens with two attached hydrogens (primary N) is 1. The zero-order chi connectivity index (χ0) is 14.8. The molecule has 3 nitrogen and oxygen atoms in total. The Kier molecular flexibility index (Phi) is 4.32. The monoisotopic (exact) mass is 285 g/mol. The van der Waals surface area contributed by atoms with Gasteiger partial charge in [-0.05, 0) is 57.0 Å². The lowest BCUT2D eigenvalue weighted by atomic mass is 10.1. The van der Waals surface area contributed by atoms with Gasteiger partial charge in [0, 0.05) is 36.2 Å². The van der Waals surface area contributed by atoms with Gasteiger partial charge >= 0.3 is 0 Å². The van der Waals surface area contributed by atoms with E-state index in [1.165, 1.54) is 54.4 Å². The lowest BCUT2D eigenvalue weighted by Gasteiger charge is -2.26. The van der Waals surface area contributed by atoms with Crippen LogP contribution in [0.25, 0.3) is 10.9 Å². The van der Waals surface area contributed by atoms with Crippen molar-refractivity contribution in [3.8, 4) is 0 Å². The maximum absolute atomic E-state index is 5.81. The first-order valence-corrected chi connectivity index (χ1v) is 8.24. The number of hydrogen-bond donors (Lipinski definition) is 1. The molecule has 0 radical (unpaired) electrons. The summed E-state index contributed by atoms with van der Waals surface area (Å²) in [4.78, 5) is 2.60. The Hall–Kier alpha value is -1.32. The van der Waals surface area contributed by atoms with Crippen LogP contribution in [-0.2, 0) is 13.1 Å². The van der Waals surface area contributed by atoms with E-state index in [4.69, 9.17) is 5.73 Å². The number of hydrogen-bond acceptors (Lipinski definition) is 2. The Morgan fingerprint density at radius 2 is 1.90 bits per heavy atom. The molecule has 1 fully saturated rings. The molecule has 1 aromatic carbocycles. The fraction of sp³-hybridized carbons (Fsp3) is 0.556. The van der Waals surface area contributed by atoms with Crippen LogP contribution < -0.4 is 5.73 Å². The van der Waals surface area contributed by atoms with E-state index in [9.17, 15) is 0 Å². The molecule has 0 unspecified atom stereocenters. The summed E-state index contributed by atoms with van der Waals surface area (Å²) in [6.07, 6.45) is 6.44. The van der Waals surface area contributed by atoms with Gasteiger partial charge < -0.3 is 10.3 Å². The molecule has 2 heterocycles. The van der Waals surface area contributed by atoms with Crippen LogP contribution in [0.3, 0.4) is 0 Å². The van der Waals surface area contributed by atoms with Crippen molar-refractivity contribution in [1.29, 1.82) is 0 Å². The minimum Gasteiger partial charge on any atom is -0.345 e. The van der Waals surface area contributed by atoms with Crippen LogP contribution in [0.5, 0.6) is 0 Å². The predicted octanol–water partition coefficient (Wildman–Crippen LogP) is 3.67. The number of nitrogens with zero attached hydrogens (tertiary/aromatic N) is 2. The fourth-order valence-corrected chi connectivity index (χ4v) is 3.41. The number of benzene rings is 1. The smallest absolute Gasteiger partial charge is 0.0489 e. The van der Waals surface area contributed by atoms with Crippen LogP contribution in [0.15, 0.2) is 24.4 Å². The van der Waals surface area contributed by atoms with Crippen LogP contribution in [0, 0.1) is 0 Å². The van der Waals surface area contributed by atoms with E-state index < -0.39 is 0 Å². The molecule has 1 saturated heterocycles. The lowest BCUT2D eigenvalue weighted by molar-refractivity contribution is 0.221. The van der Waals surface area contributed by atoms with Crippen molar-refractivity contribution in [3.05, 3.63) is 35.5 Å². The number of likely N-dealkylation sites (tertiary alicyclic amines) is 1. The Morgan fingerprint density at radius 1 is 1.14 bits per heavy atom. The normalized spacial score (nSPS) is 17.0. The summed E-state index contributed by atoms with van der Waals surface area (Å²) < 4.78 is 2.40. The molecular formula is C18H27N3. The average Bonchev–Trinajstić information content (AvgIpc) is 2.86. The topological polar surface area (TPSA) is 34.2 Å². The molecule has 114 valence electrons. The highest BCUT2D eigenvalue weighted by molar-refractivity contribution is 5.84. The maximum atomic E-state index is 5.81. The quantitative estimate of drug-likeness (QED) is 0.930. The summed E-state index contributed by atoms with van der Waals surface area (Å²) in [7, 11) is 0. The van der Waals surface area contributed by atoms with Crippen LogP contribution in [0.2, 0.25) is 0 Å². The van der Waals surface area contributed by atoms with Gasteiger partial charge in [0.2, 0.25) is 0 Å². The maximum Gasteiger partial charge on any atom is 0.0489 e. The summed E-state index contributed by atoms with van der Waals surface area (Å²) in [5, 5.41) is 1.39. The molecule has 0 spiro atoms. The summed E-state index contributed by atoms with van der Waals surface area (Å²) in [5.74, 6) is 0. The van der Waals surface area contributed by atoms with Gasteiger partial charge in [-0.2, -0.15) is 0 Å². The van der Waals surface area contributed by atoms with E-state index in [1.807, 2.05) is 0 Å². The Balaban J connectivity index is 1.97. The van der Waals surface area contributed by atoms with Crippen molar-refractivity contribution in [2.24, 2.45) is 5.73 Å². The zero-order valence-electron chi connectivity index (χ0n) is 13.3. The number of piperidine rings is 1. The van der Waals surface area contributed by atoms with Gasteiger partial charge in [-0.15, -0.1) is 0 Å². The highest BCUT2D eigenvalue weighted by Gasteiger charge is 2.15. The molecule has 3 rings (SSSR count). The zero-order valence-corrected chi connectivity index (χ0v) is 13.3. The third kappa shape index (κ3) is 2.99. The van der Waals surface area contributed by atoms with Crippen molar-refractivity contribution < 1.29 is 0 Å². The molecule has 0 atom stereocenters. The van der Waals surface area contributed by atoms with Crippen LogP contribution >= 0.6 is 0 Å². The van der Waals surface area contributed by atoms with Gasteiger partial charge in [0.15, 0.2) is 0 Å². The first kappa shape index (κ1) is 14.6. The molecule has 1 aromatic heterocycles. The van der Waals surface area contributed by atoms with Crippen LogP contribution in [0.1, 0.15) is 50.3 Å². The predicted molar refractivity (Wildman–Crippen MR) is 89.3 cm³/mol. The summed E-state index contributed by atoms with van der Waals surface area (Å²) in [6.45, 7) is 8.68. The standard InChI is InChI=1S/C18H27N3/c1-14(2)21-13-16(12-20-8-4-3-5-9-20)17-7-6-15(11-19)10-18(17)21/h6-7,10,13-14H,3-5,8-9,11-12,19H2,1-2H3. The van der Waals surface area contributed by atoms with Crippen molar-refractivity contribution >= 4 is 10.9 Å². The van der Waals surface area contributed by atoms with Crippen LogP contribution in [0.4, 0.5) is 0 Å². The van der Waals surface area contributed by atoms with Crippen molar-refractivity contribution in [2.45, 2.75) is 52.2 Å². The van der Waals surface area contributed by atoms with Gasteiger partial charge in [0.1, 0.15) is 0 Å². The first-order valence-electron chi connectivity index (χ1n) is 8.24. The van der Waals surface area contributed by atoms with Crippen molar-refractivity contribution in [2.75, 3.05) is 13.1 Å². The summed E-state index contributed by atoms with van der Waals surface area (Å²) in [5.41, 5.74) is 9.82. The van der Waals surface area contributed by atoms with Gasteiger partial charge in [-0.25, -0.2) is 0 Å². The molecule has 0 aliphatic carbocycles. The average molecular weight is 285 g/mol. The number of aromatic nitrogens is 1. The number of rotatable bonds is 4. The molecule has 3 heteroatoms. The molecule has 0 amide bonds. The van der Waals surface area contributed by atoms with E-state index in [0.717, 1.165) is 6.54 Å². The highest BCUT2D eigenvalue weighted by Crippen LogP contribution is 2.27. The van der Waals surface area contributed by atoms with Gasteiger partial charge in [-0.3, -0.25) is 4.90 Å². The third-order valence-electron chi connectivity index (χ3n) is 4.62. The van der Waals surface area contributed by atoms with E-state index in [-0.39, 0.29) is 0 Å². The van der Waals surface area contributed by atoms with Gasteiger partial charge in [-0.1, -0.05) is 18.6 Å². The molecule has 1 aliphatic heterocycles. The van der Waals surface area contributed by atoms with E-state index in [0.29, 0.717) is 12.6 Å². The number of fused-ring (bicyclic) bond motifs is 1. The first-order chi connectivity index (χ1) is 10.2. The molecular weight excluding hydrogens is 258 g/mol. The minimum absolute atomic E-state index is 0.482. The second-order valence-electron chi connectivity index (χ2n) is 6.55. The van der Waals surface area contributed by atoms with Gasteiger partial charge in [0.25, 0.3) is 0 Å².